The molecule has 0 unspecified atom stereocenters. The third-order valence-electron chi connectivity index (χ3n) is 5.04. The van der Waals surface area contributed by atoms with Gasteiger partial charge in [-0.3, -0.25) is 0 Å². The summed E-state index contributed by atoms with van der Waals surface area (Å²) in [5, 5.41) is 14.2. The molecule has 0 spiro atoms. The van der Waals surface area contributed by atoms with Crippen LogP contribution in [0.4, 0.5) is 4.79 Å². The Kier molecular flexibility index (Phi) is 5.01. The molecule has 2 amide bonds. The Morgan fingerprint density at radius 1 is 1.42 bits per heavy atom. The van der Waals surface area contributed by atoms with Crippen LogP contribution < -0.4 is 5.32 Å². The summed E-state index contributed by atoms with van der Waals surface area (Å²) in [4.78, 5) is 17.3. The minimum absolute atomic E-state index is 0.0159. The number of aliphatic hydroxyl groups excluding tert-OH is 1. The molecular formula is C18H24ClN3O2. The average Bonchev–Trinajstić information content (AvgIpc) is 2.97. The number of fused-ring (bicyclic) bond motifs is 1. The van der Waals surface area contributed by atoms with Gasteiger partial charge in [0.2, 0.25) is 0 Å². The second kappa shape index (κ2) is 7.03. The summed E-state index contributed by atoms with van der Waals surface area (Å²) in [6.07, 6.45) is 4.44. The number of hydrogen-bond donors (Lipinski definition) is 3. The Labute approximate surface area is 147 Å². The number of hydrogen-bond acceptors (Lipinski definition) is 2. The number of aliphatic hydroxyl groups is 1. The highest BCUT2D eigenvalue weighted by Crippen LogP contribution is 2.30. The number of aromatic amines is 1. The lowest BCUT2D eigenvalue weighted by molar-refractivity contribution is 0.0701. The van der Waals surface area contributed by atoms with E-state index in [2.05, 4.69) is 17.2 Å². The van der Waals surface area contributed by atoms with Crippen LogP contribution in [0.25, 0.3) is 10.9 Å². The van der Waals surface area contributed by atoms with E-state index in [0.717, 1.165) is 30.2 Å². The summed E-state index contributed by atoms with van der Waals surface area (Å²) in [7, 11) is 0. The van der Waals surface area contributed by atoms with Crippen LogP contribution >= 0.6 is 11.6 Å². The molecule has 5 nitrogen and oxygen atoms in total. The van der Waals surface area contributed by atoms with Crippen molar-refractivity contribution in [1.82, 2.24) is 15.2 Å². The van der Waals surface area contributed by atoms with Crippen molar-refractivity contribution in [1.29, 1.82) is 0 Å². The van der Waals surface area contributed by atoms with Gasteiger partial charge in [0.15, 0.2) is 0 Å². The van der Waals surface area contributed by atoms with Crippen LogP contribution in [-0.4, -0.2) is 47.3 Å². The smallest absolute Gasteiger partial charge is 0.317 e. The van der Waals surface area contributed by atoms with E-state index in [0.29, 0.717) is 24.7 Å². The van der Waals surface area contributed by atoms with E-state index >= 15 is 0 Å². The Bertz CT molecular complexity index is 720. The molecule has 2 heterocycles. The first kappa shape index (κ1) is 17.1. The molecule has 3 N–H and O–H groups in total. The monoisotopic (exact) mass is 349 g/mol. The molecule has 0 radical (unpaired) electrons. The van der Waals surface area contributed by atoms with Crippen molar-refractivity contribution in [2.45, 2.75) is 26.2 Å². The van der Waals surface area contributed by atoms with E-state index < -0.39 is 0 Å². The van der Waals surface area contributed by atoms with Crippen LogP contribution in [0.3, 0.4) is 0 Å². The molecule has 1 fully saturated rings. The first-order valence-corrected chi connectivity index (χ1v) is 8.78. The van der Waals surface area contributed by atoms with E-state index in [1.807, 2.05) is 29.3 Å². The molecule has 1 aromatic heterocycles. The molecular weight excluding hydrogens is 326 g/mol. The van der Waals surface area contributed by atoms with Gasteiger partial charge in [0.25, 0.3) is 0 Å². The zero-order chi connectivity index (χ0) is 17.2. The lowest BCUT2D eigenvalue weighted by Crippen LogP contribution is -2.47. The number of halogens is 1. The number of benzene rings is 1. The van der Waals surface area contributed by atoms with Gasteiger partial charge in [-0.05, 0) is 42.4 Å². The number of H-pyrrole nitrogens is 1. The van der Waals surface area contributed by atoms with Crippen LogP contribution in [0.1, 0.15) is 25.3 Å². The number of carbonyl (C=O) groups is 1. The van der Waals surface area contributed by atoms with Gasteiger partial charge in [0.05, 0.1) is 0 Å². The number of urea groups is 1. The maximum absolute atomic E-state index is 12.3. The zero-order valence-electron chi connectivity index (χ0n) is 13.9. The van der Waals surface area contributed by atoms with Gasteiger partial charge in [0, 0.05) is 48.4 Å². The fraction of sp³-hybridized carbons (Fsp3) is 0.500. The molecule has 1 aliphatic heterocycles. The molecule has 1 aromatic carbocycles. The van der Waals surface area contributed by atoms with Crippen LogP contribution in [0, 0.1) is 5.41 Å². The minimum atomic E-state index is -0.0396. The van der Waals surface area contributed by atoms with Gasteiger partial charge in [-0.1, -0.05) is 24.6 Å². The zero-order valence-corrected chi connectivity index (χ0v) is 14.7. The van der Waals surface area contributed by atoms with Crippen molar-refractivity contribution in [2.75, 3.05) is 26.2 Å². The summed E-state index contributed by atoms with van der Waals surface area (Å²) in [5.41, 5.74) is 2.15. The fourth-order valence-corrected chi connectivity index (χ4v) is 3.36. The van der Waals surface area contributed by atoms with Gasteiger partial charge in [0.1, 0.15) is 0 Å². The maximum Gasteiger partial charge on any atom is 0.317 e. The highest BCUT2D eigenvalue weighted by molar-refractivity contribution is 6.31. The van der Waals surface area contributed by atoms with Gasteiger partial charge in [-0.2, -0.15) is 0 Å². The van der Waals surface area contributed by atoms with Crippen LogP contribution in [-0.2, 0) is 6.42 Å². The molecule has 24 heavy (non-hydrogen) atoms. The quantitative estimate of drug-likeness (QED) is 0.793. The third-order valence-corrected chi connectivity index (χ3v) is 5.27. The molecule has 1 saturated heterocycles. The van der Waals surface area contributed by atoms with Gasteiger partial charge in [-0.15, -0.1) is 0 Å². The predicted molar refractivity (Wildman–Crippen MR) is 96.4 cm³/mol. The second-order valence-electron chi connectivity index (χ2n) is 6.94. The van der Waals surface area contributed by atoms with Crippen molar-refractivity contribution >= 4 is 28.5 Å². The number of piperidine rings is 1. The number of carbonyl (C=O) groups excluding carboxylic acids is 1. The minimum Gasteiger partial charge on any atom is -0.396 e. The van der Waals surface area contributed by atoms with Gasteiger partial charge < -0.3 is 20.3 Å². The first-order valence-electron chi connectivity index (χ1n) is 8.40. The largest absolute Gasteiger partial charge is 0.396 e. The number of aromatic nitrogens is 1. The summed E-state index contributed by atoms with van der Waals surface area (Å²) in [6, 6.07) is 5.78. The van der Waals surface area contributed by atoms with E-state index in [-0.39, 0.29) is 18.1 Å². The second-order valence-corrected chi connectivity index (χ2v) is 7.38. The van der Waals surface area contributed by atoms with E-state index in [1.54, 1.807) is 0 Å². The van der Waals surface area contributed by atoms with E-state index in [1.165, 1.54) is 5.56 Å². The normalized spacial score (nSPS) is 17.2. The molecule has 0 saturated carbocycles. The van der Waals surface area contributed by atoms with E-state index in [4.69, 9.17) is 11.6 Å². The van der Waals surface area contributed by atoms with Crippen molar-refractivity contribution in [3.8, 4) is 0 Å². The molecule has 130 valence electrons. The summed E-state index contributed by atoms with van der Waals surface area (Å²) in [6.45, 7) is 4.27. The molecule has 1 aliphatic rings. The first-order chi connectivity index (χ1) is 11.5. The van der Waals surface area contributed by atoms with Crippen LogP contribution in [0.2, 0.25) is 5.02 Å². The van der Waals surface area contributed by atoms with Crippen molar-refractivity contribution in [3.63, 3.8) is 0 Å². The Morgan fingerprint density at radius 3 is 2.88 bits per heavy atom. The van der Waals surface area contributed by atoms with E-state index in [9.17, 15) is 9.90 Å². The molecule has 3 rings (SSSR count). The van der Waals surface area contributed by atoms with Crippen molar-refractivity contribution in [3.05, 3.63) is 35.0 Å². The molecule has 2 aromatic rings. The summed E-state index contributed by atoms with van der Waals surface area (Å²) in [5.74, 6) is 0. The van der Waals surface area contributed by atoms with Gasteiger partial charge in [-0.25, -0.2) is 4.79 Å². The number of nitrogens with one attached hydrogen (secondary N) is 2. The molecule has 0 bridgehead atoms. The van der Waals surface area contributed by atoms with Crippen molar-refractivity contribution < 1.29 is 9.90 Å². The molecule has 0 aliphatic carbocycles. The highest BCUT2D eigenvalue weighted by Gasteiger charge is 2.31. The molecule has 0 atom stereocenters. The third kappa shape index (κ3) is 3.68. The number of nitrogens with zero attached hydrogens (tertiary/aromatic N) is 1. The van der Waals surface area contributed by atoms with Gasteiger partial charge >= 0.3 is 6.03 Å². The topological polar surface area (TPSA) is 68.4 Å². The number of amides is 2. The summed E-state index contributed by atoms with van der Waals surface area (Å²) >= 11 is 5.99. The number of likely N-dealkylation sites (tertiary alicyclic amines) is 1. The standard InChI is InChI=1S/C18H24ClN3O2/c1-18(12-23)5-8-22(9-6-18)17(24)20-7-4-13-11-21-16-10-14(19)2-3-15(13)16/h2-3,10-11,21,23H,4-9,12H2,1H3,(H,20,24). The number of rotatable bonds is 4. The predicted octanol–water partition coefficient (Wildman–Crippen LogP) is 3.17. The lowest BCUT2D eigenvalue weighted by atomic mass is 9.81. The van der Waals surface area contributed by atoms with Crippen LogP contribution in [0.5, 0.6) is 0 Å². The molecule has 6 heteroatoms. The maximum atomic E-state index is 12.3. The summed E-state index contributed by atoms with van der Waals surface area (Å²) < 4.78 is 0. The average molecular weight is 350 g/mol. The SMILES string of the molecule is CC1(CO)CCN(C(=O)NCCc2c[nH]c3cc(Cl)ccc23)CC1. The Hall–Kier alpha value is -1.72. The van der Waals surface area contributed by atoms with Crippen LogP contribution in [0.15, 0.2) is 24.4 Å². The Balaban J connectivity index is 1.50. The Morgan fingerprint density at radius 2 is 2.17 bits per heavy atom. The fourth-order valence-electron chi connectivity index (χ4n) is 3.19. The highest BCUT2D eigenvalue weighted by atomic mass is 35.5. The lowest BCUT2D eigenvalue weighted by Gasteiger charge is -2.38. The van der Waals surface area contributed by atoms with Crippen molar-refractivity contribution in [2.24, 2.45) is 5.41 Å².